The third-order valence-corrected chi connectivity index (χ3v) is 3.05. The SMILES string of the molecule is CC(C)(C)OCCN1CCC(=O)c2ccccc21. The fourth-order valence-electron chi connectivity index (χ4n) is 2.17. The molecule has 1 heterocycles. The topological polar surface area (TPSA) is 29.5 Å². The third-order valence-electron chi connectivity index (χ3n) is 3.05. The summed E-state index contributed by atoms with van der Waals surface area (Å²) in [5.41, 5.74) is 1.79. The molecule has 0 saturated carbocycles. The van der Waals surface area contributed by atoms with Gasteiger partial charge in [0.15, 0.2) is 5.78 Å². The summed E-state index contributed by atoms with van der Waals surface area (Å²) < 4.78 is 5.75. The highest BCUT2D eigenvalue weighted by molar-refractivity contribution is 6.03. The zero-order valence-electron chi connectivity index (χ0n) is 11.4. The van der Waals surface area contributed by atoms with Crippen LogP contribution in [-0.4, -0.2) is 31.1 Å². The summed E-state index contributed by atoms with van der Waals surface area (Å²) in [6, 6.07) is 7.83. The molecule has 1 aromatic rings. The Hall–Kier alpha value is -1.35. The molecule has 0 amide bonds. The van der Waals surface area contributed by atoms with E-state index >= 15 is 0 Å². The lowest BCUT2D eigenvalue weighted by Gasteiger charge is -2.31. The van der Waals surface area contributed by atoms with Gasteiger partial charge in [-0.25, -0.2) is 0 Å². The molecule has 98 valence electrons. The second kappa shape index (κ2) is 5.11. The van der Waals surface area contributed by atoms with Gasteiger partial charge < -0.3 is 9.64 Å². The van der Waals surface area contributed by atoms with Gasteiger partial charge >= 0.3 is 0 Å². The molecule has 0 bridgehead atoms. The van der Waals surface area contributed by atoms with Gasteiger partial charge in [0.05, 0.1) is 12.2 Å². The van der Waals surface area contributed by atoms with Crippen molar-refractivity contribution in [3.8, 4) is 0 Å². The van der Waals surface area contributed by atoms with Crippen LogP contribution in [0.25, 0.3) is 0 Å². The van der Waals surface area contributed by atoms with Crippen molar-refractivity contribution < 1.29 is 9.53 Å². The Morgan fingerprint density at radius 3 is 2.72 bits per heavy atom. The summed E-state index contributed by atoms with van der Waals surface area (Å²) in [6.45, 7) is 8.49. The molecule has 0 atom stereocenters. The van der Waals surface area contributed by atoms with E-state index in [0.717, 1.165) is 24.3 Å². The van der Waals surface area contributed by atoms with Crippen LogP contribution in [0.4, 0.5) is 5.69 Å². The number of nitrogens with zero attached hydrogens (tertiary/aromatic N) is 1. The molecule has 2 rings (SSSR count). The highest BCUT2D eigenvalue weighted by Crippen LogP contribution is 2.26. The average molecular weight is 247 g/mol. The first-order valence-electron chi connectivity index (χ1n) is 6.48. The number of hydrogen-bond donors (Lipinski definition) is 0. The zero-order chi connectivity index (χ0) is 13.2. The molecule has 0 N–H and O–H groups in total. The van der Waals surface area contributed by atoms with Crippen molar-refractivity contribution in [2.75, 3.05) is 24.6 Å². The Kier molecular flexibility index (Phi) is 3.71. The number of carbonyl (C=O) groups excluding carboxylic acids is 1. The number of rotatable bonds is 3. The molecule has 3 nitrogen and oxygen atoms in total. The number of ketones is 1. The summed E-state index contributed by atoms with van der Waals surface area (Å²) in [6.07, 6.45) is 0.604. The monoisotopic (exact) mass is 247 g/mol. The fourth-order valence-corrected chi connectivity index (χ4v) is 2.17. The first-order valence-corrected chi connectivity index (χ1v) is 6.48. The van der Waals surface area contributed by atoms with E-state index in [1.165, 1.54) is 0 Å². The van der Waals surface area contributed by atoms with Crippen LogP contribution in [-0.2, 0) is 4.74 Å². The van der Waals surface area contributed by atoms with E-state index in [1.807, 2.05) is 24.3 Å². The first kappa shape index (κ1) is 13.1. The normalized spacial score (nSPS) is 15.7. The van der Waals surface area contributed by atoms with Crippen molar-refractivity contribution >= 4 is 11.5 Å². The molecular weight excluding hydrogens is 226 g/mol. The molecule has 3 heteroatoms. The Balaban J connectivity index is 2.03. The minimum Gasteiger partial charge on any atom is -0.374 e. The molecule has 0 spiro atoms. The number of hydrogen-bond acceptors (Lipinski definition) is 3. The predicted molar refractivity (Wildman–Crippen MR) is 73.3 cm³/mol. The number of para-hydroxylation sites is 1. The smallest absolute Gasteiger partial charge is 0.166 e. The second-order valence-corrected chi connectivity index (χ2v) is 5.64. The van der Waals surface area contributed by atoms with E-state index in [0.29, 0.717) is 13.0 Å². The maximum absolute atomic E-state index is 11.8. The molecule has 0 saturated heterocycles. The number of ether oxygens (including phenoxy) is 1. The molecule has 0 unspecified atom stereocenters. The van der Waals surface area contributed by atoms with Crippen LogP contribution < -0.4 is 4.90 Å². The summed E-state index contributed by atoms with van der Waals surface area (Å²) in [4.78, 5) is 14.0. The summed E-state index contributed by atoms with van der Waals surface area (Å²) in [7, 11) is 0. The van der Waals surface area contributed by atoms with Gasteiger partial charge in [-0.3, -0.25) is 4.79 Å². The standard InChI is InChI=1S/C15H21NO2/c1-15(2,3)18-11-10-16-9-8-14(17)12-6-4-5-7-13(12)16/h4-7H,8-11H2,1-3H3. The predicted octanol–water partition coefficient (Wildman–Crippen LogP) is 2.89. The molecule has 1 aliphatic heterocycles. The molecular formula is C15H21NO2. The van der Waals surface area contributed by atoms with E-state index in [1.54, 1.807) is 0 Å². The third kappa shape index (κ3) is 3.10. The highest BCUT2D eigenvalue weighted by Gasteiger charge is 2.22. The van der Waals surface area contributed by atoms with Crippen LogP contribution in [0.5, 0.6) is 0 Å². The first-order chi connectivity index (χ1) is 8.47. The summed E-state index contributed by atoms with van der Waals surface area (Å²) in [5.74, 6) is 0.249. The van der Waals surface area contributed by atoms with Gasteiger partial charge in [-0.15, -0.1) is 0 Å². The van der Waals surface area contributed by atoms with E-state index in [-0.39, 0.29) is 11.4 Å². The maximum atomic E-state index is 11.8. The fraction of sp³-hybridized carbons (Fsp3) is 0.533. The Bertz CT molecular complexity index is 434. The largest absolute Gasteiger partial charge is 0.374 e. The van der Waals surface area contributed by atoms with E-state index in [9.17, 15) is 4.79 Å². The number of fused-ring (bicyclic) bond motifs is 1. The van der Waals surface area contributed by atoms with Crippen LogP contribution in [0, 0.1) is 0 Å². The number of anilines is 1. The van der Waals surface area contributed by atoms with Gasteiger partial charge in [-0.05, 0) is 32.9 Å². The zero-order valence-corrected chi connectivity index (χ0v) is 11.4. The van der Waals surface area contributed by atoms with E-state index < -0.39 is 0 Å². The van der Waals surface area contributed by atoms with Crippen molar-refractivity contribution in [2.24, 2.45) is 0 Å². The molecule has 0 aromatic heterocycles. The Labute approximate surface area is 109 Å². The number of carbonyl (C=O) groups is 1. The van der Waals surface area contributed by atoms with Gasteiger partial charge in [0.1, 0.15) is 0 Å². The van der Waals surface area contributed by atoms with Crippen molar-refractivity contribution in [1.29, 1.82) is 0 Å². The van der Waals surface area contributed by atoms with Gasteiger partial charge in [-0.2, -0.15) is 0 Å². The Morgan fingerprint density at radius 1 is 1.28 bits per heavy atom. The van der Waals surface area contributed by atoms with E-state index in [4.69, 9.17) is 4.74 Å². The summed E-state index contributed by atoms with van der Waals surface area (Å²) in [5, 5.41) is 0. The minimum atomic E-state index is -0.106. The lowest BCUT2D eigenvalue weighted by atomic mass is 10.0. The second-order valence-electron chi connectivity index (χ2n) is 5.64. The van der Waals surface area contributed by atoms with E-state index in [2.05, 4.69) is 25.7 Å². The van der Waals surface area contributed by atoms with Gasteiger partial charge in [0.25, 0.3) is 0 Å². The van der Waals surface area contributed by atoms with Gasteiger partial charge in [0, 0.05) is 30.8 Å². The van der Waals surface area contributed by atoms with Crippen molar-refractivity contribution in [3.05, 3.63) is 29.8 Å². The minimum absolute atomic E-state index is 0.106. The molecule has 1 aliphatic rings. The highest BCUT2D eigenvalue weighted by atomic mass is 16.5. The Morgan fingerprint density at radius 2 is 2.00 bits per heavy atom. The lowest BCUT2D eigenvalue weighted by molar-refractivity contribution is 0.00127. The van der Waals surface area contributed by atoms with Crippen LogP contribution in [0.15, 0.2) is 24.3 Å². The number of Topliss-reactive ketones (excluding diaryl/α,β-unsaturated/α-hetero) is 1. The van der Waals surface area contributed by atoms with Crippen LogP contribution >= 0.6 is 0 Å². The molecule has 0 aliphatic carbocycles. The van der Waals surface area contributed by atoms with Gasteiger partial charge in [0.2, 0.25) is 0 Å². The average Bonchev–Trinajstić information content (AvgIpc) is 2.31. The number of benzene rings is 1. The van der Waals surface area contributed by atoms with Crippen LogP contribution in [0.2, 0.25) is 0 Å². The van der Waals surface area contributed by atoms with Crippen molar-refractivity contribution in [3.63, 3.8) is 0 Å². The molecule has 0 fully saturated rings. The molecule has 0 radical (unpaired) electrons. The quantitative estimate of drug-likeness (QED) is 0.822. The maximum Gasteiger partial charge on any atom is 0.166 e. The lowest BCUT2D eigenvalue weighted by Crippen LogP contribution is -2.36. The summed E-state index contributed by atoms with van der Waals surface area (Å²) >= 11 is 0. The van der Waals surface area contributed by atoms with Crippen molar-refractivity contribution in [2.45, 2.75) is 32.8 Å². The van der Waals surface area contributed by atoms with Gasteiger partial charge in [-0.1, -0.05) is 12.1 Å². The van der Waals surface area contributed by atoms with Crippen LogP contribution in [0.3, 0.4) is 0 Å². The van der Waals surface area contributed by atoms with Crippen molar-refractivity contribution in [1.82, 2.24) is 0 Å². The molecule has 1 aromatic carbocycles. The molecule has 18 heavy (non-hydrogen) atoms. The van der Waals surface area contributed by atoms with Crippen LogP contribution in [0.1, 0.15) is 37.6 Å².